The number of thiophene rings is 1. The molecule has 26 heavy (non-hydrogen) atoms. The highest BCUT2D eigenvalue weighted by atomic mass is 79.9. The minimum atomic E-state index is -0.180. The summed E-state index contributed by atoms with van der Waals surface area (Å²) in [5.41, 5.74) is 1.01. The molecule has 0 fully saturated rings. The molecule has 0 aliphatic heterocycles. The van der Waals surface area contributed by atoms with Gasteiger partial charge in [-0.15, -0.1) is 11.3 Å². The second-order valence-electron chi connectivity index (χ2n) is 5.94. The molecule has 0 N–H and O–H groups in total. The largest absolute Gasteiger partial charge is 0.336 e. The van der Waals surface area contributed by atoms with E-state index in [4.69, 9.17) is 0 Å². The predicted molar refractivity (Wildman–Crippen MR) is 108 cm³/mol. The molecule has 0 unspecified atom stereocenters. The maximum absolute atomic E-state index is 12.9. The van der Waals surface area contributed by atoms with E-state index >= 15 is 0 Å². The van der Waals surface area contributed by atoms with Crippen molar-refractivity contribution in [2.24, 2.45) is 0 Å². The molecule has 0 saturated heterocycles. The summed E-state index contributed by atoms with van der Waals surface area (Å²) in [6, 6.07) is 17.3. The number of nitrogens with zero attached hydrogens (tertiary/aromatic N) is 2. The Morgan fingerprint density at radius 2 is 1.88 bits per heavy atom. The molecule has 3 aromatic rings. The highest BCUT2D eigenvalue weighted by molar-refractivity contribution is 9.10. The first-order valence-corrected chi connectivity index (χ1v) is 9.99. The van der Waals surface area contributed by atoms with Crippen molar-refractivity contribution in [2.75, 3.05) is 6.54 Å². The molecule has 0 spiro atoms. The number of carbonyl (C=O) groups is 1. The van der Waals surface area contributed by atoms with Crippen LogP contribution in [0.1, 0.15) is 10.4 Å². The van der Waals surface area contributed by atoms with Crippen LogP contribution in [0.3, 0.4) is 0 Å². The molecule has 134 valence electrons. The minimum absolute atomic E-state index is 0.0401. The number of aromatic nitrogens is 1. The molecule has 1 aromatic carbocycles. The molecule has 0 atom stereocenters. The van der Waals surface area contributed by atoms with Gasteiger partial charge in [-0.25, -0.2) is 0 Å². The highest BCUT2D eigenvalue weighted by Crippen LogP contribution is 2.14. The lowest BCUT2D eigenvalue weighted by molar-refractivity contribution is -0.132. The van der Waals surface area contributed by atoms with Crippen molar-refractivity contribution in [1.82, 2.24) is 9.47 Å². The first-order chi connectivity index (χ1) is 12.6. The molecule has 6 heteroatoms. The fourth-order valence-electron chi connectivity index (χ4n) is 2.66. The van der Waals surface area contributed by atoms with Gasteiger partial charge in [0, 0.05) is 28.2 Å². The zero-order chi connectivity index (χ0) is 18.4. The van der Waals surface area contributed by atoms with Crippen molar-refractivity contribution in [3.8, 4) is 0 Å². The van der Waals surface area contributed by atoms with Gasteiger partial charge in [0.05, 0.1) is 6.54 Å². The summed E-state index contributed by atoms with van der Waals surface area (Å²) in [5.74, 6) is -0.0606. The molecular weight excluding hydrogens is 412 g/mol. The van der Waals surface area contributed by atoms with Crippen LogP contribution in [0.2, 0.25) is 0 Å². The Labute approximate surface area is 164 Å². The summed E-state index contributed by atoms with van der Waals surface area (Å²) in [5, 5.41) is 2.01. The van der Waals surface area contributed by atoms with Crippen LogP contribution in [0.4, 0.5) is 0 Å². The van der Waals surface area contributed by atoms with E-state index in [-0.39, 0.29) is 18.0 Å². The van der Waals surface area contributed by atoms with E-state index in [0.29, 0.717) is 13.1 Å². The number of pyridine rings is 1. The van der Waals surface area contributed by atoms with Gasteiger partial charge in [-0.05, 0) is 45.4 Å². The summed E-state index contributed by atoms with van der Waals surface area (Å²) in [4.78, 5) is 27.8. The predicted octanol–water partition coefficient (Wildman–Crippen LogP) is 3.94. The van der Waals surface area contributed by atoms with Gasteiger partial charge in [-0.2, -0.15) is 0 Å². The van der Waals surface area contributed by atoms with E-state index in [9.17, 15) is 9.59 Å². The Bertz CT molecular complexity index is 907. The third-order valence-corrected chi connectivity index (χ3v) is 5.38. The van der Waals surface area contributed by atoms with Crippen LogP contribution in [-0.4, -0.2) is 21.9 Å². The second-order valence-corrected chi connectivity index (χ2v) is 7.89. The van der Waals surface area contributed by atoms with Gasteiger partial charge in [0.15, 0.2) is 0 Å². The normalized spacial score (nSPS) is 10.7. The lowest BCUT2D eigenvalue weighted by Gasteiger charge is -2.23. The number of amides is 1. The molecule has 0 aliphatic carbocycles. The summed E-state index contributed by atoms with van der Waals surface area (Å²) in [6.45, 7) is 1.22. The average molecular weight is 431 g/mol. The molecule has 0 aliphatic rings. The number of carbonyl (C=O) groups excluding carboxylic acids is 1. The van der Waals surface area contributed by atoms with E-state index in [2.05, 4.69) is 28.1 Å². The van der Waals surface area contributed by atoms with Crippen LogP contribution >= 0.6 is 27.3 Å². The molecule has 3 rings (SSSR count). The van der Waals surface area contributed by atoms with Crippen LogP contribution in [0.15, 0.2) is 75.4 Å². The van der Waals surface area contributed by atoms with Crippen molar-refractivity contribution in [3.05, 3.63) is 91.4 Å². The summed E-state index contributed by atoms with van der Waals surface area (Å²) >= 11 is 4.98. The zero-order valence-corrected chi connectivity index (χ0v) is 16.6. The number of hydrogen-bond acceptors (Lipinski definition) is 3. The van der Waals surface area contributed by atoms with Crippen LogP contribution in [0.5, 0.6) is 0 Å². The van der Waals surface area contributed by atoms with Crippen LogP contribution in [0, 0.1) is 0 Å². The Morgan fingerprint density at radius 3 is 2.62 bits per heavy atom. The smallest absolute Gasteiger partial charge is 0.251 e. The number of halogens is 1. The standard InChI is InChI=1S/C20H19BrN2O2S/c21-17-8-9-19(24)23(13-17)15-20(25)22(14-18-7-4-12-26-18)11-10-16-5-2-1-3-6-16/h1-9,12-13H,10-11,14-15H2. The molecule has 0 bridgehead atoms. The monoisotopic (exact) mass is 430 g/mol. The Kier molecular flexibility index (Phi) is 6.41. The molecule has 1 amide bonds. The van der Waals surface area contributed by atoms with Gasteiger partial charge in [0.1, 0.15) is 6.54 Å². The van der Waals surface area contributed by atoms with E-state index < -0.39 is 0 Å². The van der Waals surface area contributed by atoms with Crippen molar-refractivity contribution in [1.29, 1.82) is 0 Å². The topological polar surface area (TPSA) is 42.3 Å². The van der Waals surface area contributed by atoms with Gasteiger partial charge in [-0.3, -0.25) is 9.59 Å². The van der Waals surface area contributed by atoms with Crippen LogP contribution in [-0.2, 0) is 24.3 Å². The Balaban J connectivity index is 1.74. The minimum Gasteiger partial charge on any atom is -0.336 e. The highest BCUT2D eigenvalue weighted by Gasteiger charge is 2.16. The van der Waals surface area contributed by atoms with Gasteiger partial charge >= 0.3 is 0 Å². The quantitative estimate of drug-likeness (QED) is 0.569. The Hall–Kier alpha value is -2.18. The van der Waals surface area contributed by atoms with Crippen molar-refractivity contribution >= 4 is 33.2 Å². The first-order valence-electron chi connectivity index (χ1n) is 8.32. The molecule has 2 aromatic heterocycles. The van der Waals surface area contributed by atoms with Crippen molar-refractivity contribution in [3.63, 3.8) is 0 Å². The average Bonchev–Trinajstić information content (AvgIpc) is 3.15. The maximum atomic E-state index is 12.9. The summed E-state index contributed by atoms with van der Waals surface area (Å²) in [6.07, 6.45) is 2.44. The second kappa shape index (κ2) is 8.96. The number of benzene rings is 1. The fourth-order valence-corrected chi connectivity index (χ4v) is 3.76. The van der Waals surface area contributed by atoms with Gasteiger partial charge in [0.2, 0.25) is 5.91 Å². The lowest BCUT2D eigenvalue weighted by Crippen LogP contribution is -2.37. The lowest BCUT2D eigenvalue weighted by atomic mass is 10.1. The zero-order valence-electron chi connectivity index (χ0n) is 14.2. The van der Waals surface area contributed by atoms with Crippen LogP contribution < -0.4 is 5.56 Å². The van der Waals surface area contributed by atoms with Gasteiger partial charge < -0.3 is 9.47 Å². The van der Waals surface area contributed by atoms with Gasteiger partial charge in [0.25, 0.3) is 5.56 Å². The summed E-state index contributed by atoms with van der Waals surface area (Å²) < 4.78 is 2.22. The third kappa shape index (κ3) is 5.16. The van der Waals surface area contributed by atoms with E-state index in [1.807, 2.05) is 40.6 Å². The van der Waals surface area contributed by atoms with E-state index in [1.165, 1.54) is 16.2 Å². The maximum Gasteiger partial charge on any atom is 0.251 e. The van der Waals surface area contributed by atoms with Crippen molar-refractivity contribution < 1.29 is 4.79 Å². The molecule has 0 radical (unpaired) electrons. The van der Waals surface area contributed by atoms with E-state index in [0.717, 1.165) is 15.8 Å². The molecule has 0 saturated carbocycles. The van der Waals surface area contributed by atoms with Crippen molar-refractivity contribution in [2.45, 2.75) is 19.5 Å². The first kappa shape index (κ1) is 18.6. The third-order valence-electron chi connectivity index (χ3n) is 4.05. The van der Waals surface area contributed by atoms with Gasteiger partial charge in [-0.1, -0.05) is 36.4 Å². The SMILES string of the molecule is O=C(Cn1cc(Br)ccc1=O)N(CCc1ccccc1)Cc1cccs1. The number of rotatable bonds is 7. The summed E-state index contributed by atoms with van der Waals surface area (Å²) in [7, 11) is 0. The molecule has 2 heterocycles. The number of hydrogen-bond donors (Lipinski definition) is 0. The molecular formula is C20H19BrN2O2S. The fraction of sp³-hybridized carbons (Fsp3) is 0.200. The Morgan fingerprint density at radius 1 is 1.08 bits per heavy atom. The van der Waals surface area contributed by atoms with E-state index in [1.54, 1.807) is 23.6 Å². The van der Waals surface area contributed by atoms with Crippen LogP contribution in [0.25, 0.3) is 0 Å². The molecule has 4 nitrogen and oxygen atoms in total.